The van der Waals surface area contributed by atoms with Crippen molar-refractivity contribution in [1.29, 1.82) is 0 Å². The van der Waals surface area contributed by atoms with Gasteiger partial charge in [0.25, 0.3) is 0 Å². The van der Waals surface area contributed by atoms with Crippen molar-refractivity contribution in [2.45, 2.75) is 46.7 Å². The second-order valence-corrected chi connectivity index (χ2v) is 4.31. The summed E-state index contributed by atoms with van der Waals surface area (Å²) in [6, 6.07) is 9.54. The van der Waals surface area contributed by atoms with Gasteiger partial charge < -0.3 is 0 Å². The minimum absolute atomic E-state index is 0.677. The first kappa shape index (κ1) is 12.3. The molecule has 0 radical (unpaired) electrons. The summed E-state index contributed by atoms with van der Waals surface area (Å²) in [5.74, 6) is 0. The normalized spacial score (nSPS) is 13.1. The molecule has 0 amide bonds. The third-order valence-electron chi connectivity index (χ3n) is 3.13. The Bertz CT molecular complexity index is 276. The molecule has 1 heteroatoms. The van der Waals surface area contributed by atoms with Crippen LogP contribution in [0.5, 0.6) is 0 Å². The summed E-state index contributed by atoms with van der Waals surface area (Å²) in [6.07, 6.45) is 1.22. The third-order valence-corrected chi connectivity index (χ3v) is 3.13. The molecule has 0 aromatic heterocycles. The van der Waals surface area contributed by atoms with Gasteiger partial charge in [-0.2, -0.15) is 0 Å². The quantitative estimate of drug-likeness (QED) is 0.709. The van der Waals surface area contributed by atoms with Gasteiger partial charge in [0.05, 0.1) is 0 Å². The van der Waals surface area contributed by atoms with Gasteiger partial charge in [-0.05, 0) is 32.4 Å². The molecule has 0 heterocycles. The largest absolute Gasteiger partial charge is 0.297 e. The predicted octanol–water partition coefficient (Wildman–Crippen LogP) is 3.62. The molecule has 15 heavy (non-hydrogen) atoms. The lowest BCUT2D eigenvalue weighted by Crippen LogP contribution is -2.31. The highest BCUT2D eigenvalue weighted by atomic mass is 15.1. The van der Waals surface area contributed by atoms with Gasteiger partial charge in [-0.25, -0.2) is 0 Å². The van der Waals surface area contributed by atoms with Gasteiger partial charge in [0, 0.05) is 12.6 Å². The van der Waals surface area contributed by atoms with E-state index < -0.39 is 0 Å². The van der Waals surface area contributed by atoms with Crippen LogP contribution in [0.15, 0.2) is 24.3 Å². The van der Waals surface area contributed by atoms with Crippen LogP contribution < -0.4 is 0 Å². The van der Waals surface area contributed by atoms with Gasteiger partial charge in [-0.1, -0.05) is 43.7 Å². The zero-order valence-electron chi connectivity index (χ0n) is 10.5. The molecule has 0 aliphatic rings. The van der Waals surface area contributed by atoms with Gasteiger partial charge in [0.15, 0.2) is 0 Å². The molecule has 1 unspecified atom stereocenters. The van der Waals surface area contributed by atoms with Crippen LogP contribution in [-0.2, 0) is 6.54 Å². The van der Waals surface area contributed by atoms with E-state index >= 15 is 0 Å². The highest BCUT2D eigenvalue weighted by molar-refractivity contribution is 5.21. The Kier molecular flexibility index (Phi) is 4.83. The topological polar surface area (TPSA) is 3.24 Å². The number of aryl methyl sites for hydroxylation is 1. The van der Waals surface area contributed by atoms with Gasteiger partial charge in [-0.15, -0.1) is 0 Å². The molecular weight excluding hydrogens is 182 g/mol. The first-order chi connectivity index (χ1) is 7.17. The number of rotatable bonds is 5. The van der Waals surface area contributed by atoms with Gasteiger partial charge >= 0.3 is 0 Å². The van der Waals surface area contributed by atoms with Gasteiger partial charge in [-0.3, -0.25) is 4.90 Å². The standard InChI is InChI=1S/C14H23N/c1-5-13(4)15(6-2)11-14-9-7-12(3)8-10-14/h7-10,13H,5-6,11H2,1-4H3. The second-order valence-electron chi connectivity index (χ2n) is 4.31. The summed E-state index contributed by atoms with van der Waals surface area (Å²) >= 11 is 0. The van der Waals surface area contributed by atoms with Crippen LogP contribution in [0.25, 0.3) is 0 Å². The molecule has 0 fully saturated rings. The van der Waals surface area contributed by atoms with Crippen LogP contribution in [-0.4, -0.2) is 17.5 Å². The zero-order chi connectivity index (χ0) is 11.3. The molecule has 0 spiro atoms. The third kappa shape index (κ3) is 3.67. The SMILES string of the molecule is CCC(C)N(CC)Cc1ccc(C)cc1. The first-order valence-corrected chi connectivity index (χ1v) is 5.97. The molecule has 1 nitrogen and oxygen atoms in total. The lowest BCUT2D eigenvalue weighted by Gasteiger charge is -2.26. The highest BCUT2D eigenvalue weighted by Crippen LogP contribution is 2.11. The van der Waals surface area contributed by atoms with Gasteiger partial charge in [0.2, 0.25) is 0 Å². The summed E-state index contributed by atoms with van der Waals surface area (Å²) in [4.78, 5) is 2.52. The van der Waals surface area contributed by atoms with Gasteiger partial charge in [0.1, 0.15) is 0 Å². The molecule has 1 rings (SSSR count). The van der Waals surface area contributed by atoms with Crippen LogP contribution in [0.1, 0.15) is 38.3 Å². The van der Waals surface area contributed by atoms with Crippen LogP contribution in [0.3, 0.4) is 0 Å². The first-order valence-electron chi connectivity index (χ1n) is 5.97. The lowest BCUT2D eigenvalue weighted by molar-refractivity contribution is 0.206. The van der Waals surface area contributed by atoms with E-state index in [1.54, 1.807) is 0 Å². The van der Waals surface area contributed by atoms with Crippen LogP contribution >= 0.6 is 0 Å². The Labute approximate surface area is 94.1 Å². The predicted molar refractivity (Wildman–Crippen MR) is 67.0 cm³/mol. The average molecular weight is 205 g/mol. The minimum atomic E-state index is 0.677. The Hall–Kier alpha value is -0.820. The van der Waals surface area contributed by atoms with E-state index in [-0.39, 0.29) is 0 Å². The smallest absolute Gasteiger partial charge is 0.0236 e. The number of nitrogens with zero attached hydrogens (tertiary/aromatic N) is 1. The molecular formula is C14H23N. The molecule has 1 atom stereocenters. The van der Waals surface area contributed by atoms with E-state index in [1.165, 1.54) is 17.5 Å². The summed E-state index contributed by atoms with van der Waals surface area (Å²) < 4.78 is 0. The van der Waals surface area contributed by atoms with Crippen molar-refractivity contribution in [3.63, 3.8) is 0 Å². The Balaban J connectivity index is 2.62. The van der Waals surface area contributed by atoms with Crippen molar-refractivity contribution in [2.75, 3.05) is 6.54 Å². The molecule has 84 valence electrons. The lowest BCUT2D eigenvalue weighted by atomic mass is 10.1. The summed E-state index contributed by atoms with van der Waals surface area (Å²) in [6.45, 7) is 11.1. The van der Waals surface area contributed by atoms with E-state index in [0.29, 0.717) is 6.04 Å². The van der Waals surface area contributed by atoms with E-state index in [1.807, 2.05) is 0 Å². The zero-order valence-corrected chi connectivity index (χ0v) is 10.5. The van der Waals surface area contributed by atoms with Crippen molar-refractivity contribution < 1.29 is 0 Å². The molecule has 0 aliphatic carbocycles. The summed E-state index contributed by atoms with van der Waals surface area (Å²) in [7, 11) is 0. The fourth-order valence-corrected chi connectivity index (χ4v) is 1.77. The molecule has 0 aliphatic heterocycles. The van der Waals surface area contributed by atoms with Crippen molar-refractivity contribution in [3.8, 4) is 0 Å². The van der Waals surface area contributed by atoms with E-state index in [9.17, 15) is 0 Å². The van der Waals surface area contributed by atoms with Crippen molar-refractivity contribution in [2.24, 2.45) is 0 Å². The van der Waals surface area contributed by atoms with Crippen LogP contribution in [0.2, 0.25) is 0 Å². The van der Waals surface area contributed by atoms with E-state index in [2.05, 4.69) is 56.9 Å². The fourth-order valence-electron chi connectivity index (χ4n) is 1.77. The molecule has 0 saturated heterocycles. The molecule has 1 aromatic rings. The summed E-state index contributed by atoms with van der Waals surface area (Å²) in [5.41, 5.74) is 2.76. The monoisotopic (exact) mass is 205 g/mol. The van der Waals surface area contributed by atoms with Crippen molar-refractivity contribution in [3.05, 3.63) is 35.4 Å². The molecule has 0 saturated carbocycles. The average Bonchev–Trinajstić information content (AvgIpc) is 2.27. The Morgan fingerprint density at radius 3 is 2.20 bits per heavy atom. The number of hydrogen-bond acceptors (Lipinski definition) is 1. The highest BCUT2D eigenvalue weighted by Gasteiger charge is 2.09. The van der Waals surface area contributed by atoms with E-state index in [4.69, 9.17) is 0 Å². The van der Waals surface area contributed by atoms with Crippen LogP contribution in [0, 0.1) is 6.92 Å². The van der Waals surface area contributed by atoms with Crippen molar-refractivity contribution >= 4 is 0 Å². The fraction of sp³-hybridized carbons (Fsp3) is 0.571. The molecule has 0 bridgehead atoms. The van der Waals surface area contributed by atoms with Crippen molar-refractivity contribution in [1.82, 2.24) is 4.90 Å². The van der Waals surface area contributed by atoms with Crippen LogP contribution in [0.4, 0.5) is 0 Å². The summed E-state index contributed by atoms with van der Waals surface area (Å²) in [5, 5.41) is 0. The maximum atomic E-state index is 2.52. The number of benzene rings is 1. The molecule has 1 aromatic carbocycles. The number of hydrogen-bond donors (Lipinski definition) is 0. The Morgan fingerprint density at radius 1 is 1.13 bits per heavy atom. The maximum Gasteiger partial charge on any atom is 0.0236 e. The Morgan fingerprint density at radius 2 is 1.73 bits per heavy atom. The molecule has 0 N–H and O–H groups in total. The maximum absolute atomic E-state index is 2.52. The van der Waals surface area contributed by atoms with E-state index in [0.717, 1.165) is 13.1 Å². The second kappa shape index (κ2) is 5.92. The minimum Gasteiger partial charge on any atom is -0.297 e.